The number of amides is 1. The molecule has 0 radical (unpaired) electrons. The topological polar surface area (TPSA) is 70.6 Å². The summed E-state index contributed by atoms with van der Waals surface area (Å²) in [7, 11) is -3.98. The molecule has 0 saturated carbocycles. The zero-order valence-electron chi connectivity index (χ0n) is 17.1. The van der Waals surface area contributed by atoms with Gasteiger partial charge in [0.1, 0.15) is 0 Å². The highest BCUT2D eigenvalue weighted by Gasteiger charge is 2.35. The summed E-state index contributed by atoms with van der Waals surface area (Å²) in [4.78, 5) is 18.7. The number of sulfonamides is 1. The van der Waals surface area contributed by atoms with Crippen molar-refractivity contribution in [3.05, 3.63) is 71.9 Å². The Morgan fingerprint density at radius 1 is 1.06 bits per heavy atom. The van der Waals surface area contributed by atoms with Crippen LogP contribution >= 0.6 is 0 Å². The van der Waals surface area contributed by atoms with Crippen LogP contribution in [0.15, 0.2) is 65.7 Å². The van der Waals surface area contributed by atoms with Gasteiger partial charge in [-0.3, -0.25) is 9.78 Å². The van der Waals surface area contributed by atoms with Gasteiger partial charge < -0.3 is 4.90 Å². The number of aromatic nitrogens is 1. The van der Waals surface area contributed by atoms with Crippen LogP contribution < -0.4 is 0 Å². The number of nitrogens with zero attached hydrogens (tertiary/aromatic N) is 3. The number of carbonyl (C=O) groups excluding carboxylic acids is 1. The van der Waals surface area contributed by atoms with Gasteiger partial charge in [-0.25, -0.2) is 8.42 Å². The molecule has 10 heteroatoms. The van der Waals surface area contributed by atoms with E-state index < -0.39 is 27.8 Å². The maximum atomic E-state index is 13.0. The summed E-state index contributed by atoms with van der Waals surface area (Å²) in [6.45, 7) is 2.00. The normalized spacial score (nSPS) is 18.1. The molecule has 2 aromatic carbocycles. The molecule has 1 atom stereocenters. The van der Waals surface area contributed by atoms with E-state index >= 15 is 0 Å². The van der Waals surface area contributed by atoms with Gasteiger partial charge in [0.15, 0.2) is 0 Å². The number of rotatable bonds is 3. The standard InChI is InChI=1S/C22H20F3N3O3S/c1-15-14-27(32(30,31)19-8-6-18(7-9-19)22(23,24)25)11-12-28(15)21(29)17-5-4-16-3-2-10-26-20(16)13-17/h2-10,13,15H,11-12,14H2,1H3/t15-/m0/s1. The number of piperazine rings is 1. The van der Waals surface area contributed by atoms with Crippen LogP contribution in [0.1, 0.15) is 22.8 Å². The molecule has 3 aromatic rings. The molecular weight excluding hydrogens is 443 g/mol. The third-order valence-corrected chi connectivity index (χ3v) is 7.40. The Morgan fingerprint density at radius 3 is 2.44 bits per heavy atom. The van der Waals surface area contributed by atoms with Gasteiger partial charge in [-0.2, -0.15) is 17.5 Å². The third-order valence-electron chi connectivity index (χ3n) is 5.52. The van der Waals surface area contributed by atoms with Crippen LogP contribution in [0.2, 0.25) is 0 Å². The molecule has 1 fully saturated rings. The largest absolute Gasteiger partial charge is 0.416 e. The molecule has 1 aliphatic rings. The van der Waals surface area contributed by atoms with Crippen molar-refractivity contribution < 1.29 is 26.4 Å². The molecule has 1 saturated heterocycles. The molecule has 0 bridgehead atoms. The molecule has 1 amide bonds. The van der Waals surface area contributed by atoms with Gasteiger partial charge in [-0.15, -0.1) is 0 Å². The molecule has 0 aliphatic carbocycles. The molecule has 6 nitrogen and oxygen atoms in total. The van der Waals surface area contributed by atoms with Crippen molar-refractivity contribution in [1.29, 1.82) is 0 Å². The van der Waals surface area contributed by atoms with Gasteiger partial charge in [0, 0.05) is 42.8 Å². The monoisotopic (exact) mass is 463 g/mol. The van der Waals surface area contributed by atoms with E-state index in [1.165, 1.54) is 4.31 Å². The lowest BCUT2D eigenvalue weighted by Crippen LogP contribution is -2.55. The Morgan fingerprint density at radius 2 is 1.78 bits per heavy atom. The number of pyridine rings is 1. The molecule has 1 aliphatic heterocycles. The van der Waals surface area contributed by atoms with Crippen molar-refractivity contribution in [1.82, 2.24) is 14.2 Å². The summed E-state index contributed by atoms with van der Waals surface area (Å²) in [5, 5.41) is 0.907. The van der Waals surface area contributed by atoms with Crippen LogP contribution in [-0.4, -0.2) is 54.2 Å². The van der Waals surface area contributed by atoms with Gasteiger partial charge in [-0.05, 0) is 49.4 Å². The first-order chi connectivity index (χ1) is 15.1. The minimum atomic E-state index is -4.54. The second-order valence-electron chi connectivity index (χ2n) is 7.64. The lowest BCUT2D eigenvalue weighted by Gasteiger charge is -2.39. The van der Waals surface area contributed by atoms with E-state index in [1.54, 1.807) is 30.2 Å². The maximum Gasteiger partial charge on any atom is 0.416 e. The van der Waals surface area contributed by atoms with E-state index in [0.717, 1.165) is 29.7 Å². The molecule has 0 unspecified atom stereocenters. The summed E-state index contributed by atoms with van der Waals surface area (Å²) in [6, 6.07) is 11.9. The minimum Gasteiger partial charge on any atom is -0.333 e. The summed E-state index contributed by atoms with van der Waals surface area (Å²) in [5.41, 5.74) is 0.238. The second kappa shape index (κ2) is 8.18. The summed E-state index contributed by atoms with van der Waals surface area (Å²) in [6.07, 6.45) is -2.90. The van der Waals surface area contributed by atoms with E-state index in [2.05, 4.69) is 4.98 Å². The fraction of sp³-hybridized carbons (Fsp3) is 0.273. The van der Waals surface area contributed by atoms with Gasteiger partial charge in [0.2, 0.25) is 10.0 Å². The van der Waals surface area contributed by atoms with Crippen LogP contribution in [-0.2, 0) is 16.2 Å². The van der Waals surface area contributed by atoms with Crippen LogP contribution in [0, 0.1) is 0 Å². The van der Waals surface area contributed by atoms with Crippen molar-refractivity contribution in [2.24, 2.45) is 0 Å². The quantitative estimate of drug-likeness (QED) is 0.593. The number of benzene rings is 2. The molecule has 168 valence electrons. The van der Waals surface area contributed by atoms with E-state index in [0.29, 0.717) is 11.1 Å². The summed E-state index contributed by atoms with van der Waals surface area (Å²) >= 11 is 0. The van der Waals surface area contributed by atoms with Crippen LogP contribution in [0.5, 0.6) is 0 Å². The SMILES string of the molecule is C[C@H]1CN(S(=O)(=O)c2ccc(C(F)(F)F)cc2)CCN1C(=O)c1ccc2cccnc2c1. The van der Waals surface area contributed by atoms with Crippen LogP contribution in [0.25, 0.3) is 10.9 Å². The second-order valence-corrected chi connectivity index (χ2v) is 9.58. The average Bonchev–Trinajstić information content (AvgIpc) is 2.77. The van der Waals surface area contributed by atoms with E-state index in [4.69, 9.17) is 0 Å². The van der Waals surface area contributed by atoms with Crippen LogP contribution in [0.4, 0.5) is 13.2 Å². The summed E-state index contributed by atoms with van der Waals surface area (Å²) < 4.78 is 65.3. The van der Waals surface area contributed by atoms with Crippen molar-refractivity contribution in [2.45, 2.75) is 24.0 Å². The lowest BCUT2D eigenvalue weighted by molar-refractivity contribution is -0.137. The van der Waals surface area contributed by atoms with Gasteiger partial charge in [0.25, 0.3) is 5.91 Å². The molecule has 0 N–H and O–H groups in total. The van der Waals surface area contributed by atoms with Crippen molar-refractivity contribution in [3.63, 3.8) is 0 Å². The van der Waals surface area contributed by atoms with Crippen molar-refractivity contribution >= 4 is 26.8 Å². The molecule has 1 aromatic heterocycles. The van der Waals surface area contributed by atoms with Crippen LogP contribution in [0.3, 0.4) is 0 Å². The highest BCUT2D eigenvalue weighted by Crippen LogP contribution is 2.30. The minimum absolute atomic E-state index is 0.0426. The highest BCUT2D eigenvalue weighted by molar-refractivity contribution is 7.89. The molecule has 0 spiro atoms. The third kappa shape index (κ3) is 4.20. The highest BCUT2D eigenvalue weighted by atomic mass is 32.2. The average molecular weight is 463 g/mol. The van der Waals surface area contributed by atoms with E-state index in [-0.39, 0.29) is 30.4 Å². The fourth-order valence-electron chi connectivity index (χ4n) is 3.77. The maximum absolute atomic E-state index is 13.0. The predicted octanol–water partition coefficient (Wildman–Crippen LogP) is 3.79. The molecule has 4 rings (SSSR count). The number of fused-ring (bicyclic) bond motifs is 1. The Balaban J connectivity index is 1.50. The van der Waals surface area contributed by atoms with Gasteiger partial charge in [0.05, 0.1) is 16.0 Å². The molecular formula is C22H20F3N3O3S. The first-order valence-electron chi connectivity index (χ1n) is 9.90. The Bertz CT molecular complexity index is 1260. The Labute approximate surface area is 183 Å². The number of halogens is 3. The molecule has 2 heterocycles. The zero-order chi connectivity index (χ0) is 23.1. The number of carbonyl (C=O) groups is 1. The van der Waals surface area contributed by atoms with Crippen molar-refractivity contribution in [3.8, 4) is 0 Å². The number of alkyl halides is 3. The van der Waals surface area contributed by atoms with E-state index in [9.17, 15) is 26.4 Å². The number of hydrogen-bond donors (Lipinski definition) is 0. The Hall–Kier alpha value is -2.98. The first-order valence-corrected chi connectivity index (χ1v) is 11.3. The fourth-order valence-corrected chi connectivity index (χ4v) is 5.29. The van der Waals surface area contributed by atoms with Gasteiger partial charge >= 0.3 is 6.18 Å². The first kappa shape index (κ1) is 22.2. The predicted molar refractivity (Wildman–Crippen MR) is 112 cm³/mol. The van der Waals surface area contributed by atoms with Crippen molar-refractivity contribution in [2.75, 3.05) is 19.6 Å². The summed E-state index contributed by atoms with van der Waals surface area (Å²) in [5.74, 6) is -0.225. The zero-order valence-corrected chi connectivity index (χ0v) is 17.9. The lowest BCUT2D eigenvalue weighted by atomic mass is 10.1. The Kier molecular flexibility index (Phi) is 5.68. The molecule has 32 heavy (non-hydrogen) atoms. The smallest absolute Gasteiger partial charge is 0.333 e. The number of hydrogen-bond acceptors (Lipinski definition) is 4. The van der Waals surface area contributed by atoms with Gasteiger partial charge in [-0.1, -0.05) is 12.1 Å². The van der Waals surface area contributed by atoms with E-state index in [1.807, 2.05) is 18.2 Å².